The highest BCUT2D eigenvalue weighted by molar-refractivity contribution is 5.93. The number of hydrogen-bond donors (Lipinski definition) is 2. The van der Waals surface area contributed by atoms with E-state index in [2.05, 4.69) is 10.3 Å². The second kappa shape index (κ2) is 5.59. The lowest BCUT2D eigenvalue weighted by molar-refractivity contribution is -0.117. The van der Waals surface area contributed by atoms with Gasteiger partial charge in [-0.05, 0) is 43.0 Å². The van der Waals surface area contributed by atoms with Crippen LogP contribution in [-0.4, -0.2) is 16.9 Å². The summed E-state index contributed by atoms with van der Waals surface area (Å²) in [4.78, 5) is 16.3. The van der Waals surface area contributed by atoms with Gasteiger partial charge >= 0.3 is 0 Å². The maximum atomic E-state index is 12.1. The van der Waals surface area contributed by atoms with E-state index < -0.39 is 0 Å². The molecule has 1 saturated carbocycles. The predicted molar refractivity (Wildman–Crippen MR) is 80.3 cm³/mol. The van der Waals surface area contributed by atoms with Gasteiger partial charge in [-0.15, -0.1) is 0 Å². The lowest BCUT2D eigenvalue weighted by Gasteiger charge is -2.14. The summed E-state index contributed by atoms with van der Waals surface area (Å²) in [7, 11) is 0. The lowest BCUT2D eigenvalue weighted by atomic mass is 10.00. The Kier molecular flexibility index (Phi) is 3.65. The first-order valence-electron chi connectivity index (χ1n) is 7.12. The predicted octanol–water partition coefficient (Wildman–Crippen LogP) is 2.69. The Hall–Kier alpha value is -1.94. The van der Waals surface area contributed by atoms with Gasteiger partial charge in [-0.25, -0.2) is 0 Å². The normalized spacial score (nSPS) is 22.1. The Labute approximate surface area is 118 Å². The molecule has 104 valence electrons. The molecule has 1 aromatic carbocycles. The van der Waals surface area contributed by atoms with Crippen molar-refractivity contribution >= 4 is 22.5 Å². The van der Waals surface area contributed by atoms with Crippen molar-refractivity contribution in [1.29, 1.82) is 0 Å². The third kappa shape index (κ3) is 2.80. The standard InChI is InChI=1S/C16H19N3O/c17-14-5-1-3-11(14)10-16(20)19-13-6-7-15-12(9-13)4-2-8-18-15/h2,4,6-9,11,14H,1,3,5,10,17H2,(H,19,20)/t11-,14+/m0/s1. The average molecular weight is 269 g/mol. The van der Waals surface area contributed by atoms with Crippen molar-refractivity contribution < 1.29 is 4.79 Å². The van der Waals surface area contributed by atoms with Gasteiger partial charge in [-0.1, -0.05) is 12.5 Å². The third-order valence-electron chi connectivity index (χ3n) is 4.05. The van der Waals surface area contributed by atoms with E-state index in [1.807, 2.05) is 30.3 Å². The molecule has 3 rings (SSSR count). The van der Waals surface area contributed by atoms with Gasteiger partial charge in [0.2, 0.25) is 5.91 Å². The van der Waals surface area contributed by atoms with E-state index in [0.717, 1.165) is 35.9 Å². The summed E-state index contributed by atoms with van der Waals surface area (Å²) >= 11 is 0. The minimum atomic E-state index is 0.0515. The van der Waals surface area contributed by atoms with Crippen LogP contribution in [0.5, 0.6) is 0 Å². The van der Waals surface area contributed by atoms with Crippen LogP contribution in [-0.2, 0) is 4.79 Å². The van der Waals surface area contributed by atoms with E-state index in [1.54, 1.807) is 6.20 Å². The molecule has 0 unspecified atom stereocenters. The number of carbonyl (C=O) groups excluding carboxylic acids is 1. The van der Waals surface area contributed by atoms with E-state index in [-0.39, 0.29) is 11.9 Å². The number of rotatable bonds is 3. The maximum absolute atomic E-state index is 12.1. The van der Waals surface area contributed by atoms with Crippen molar-refractivity contribution in [2.45, 2.75) is 31.7 Å². The number of carbonyl (C=O) groups is 1. The molecule has 1 heterocycles. The lowest BCUT2D eigenvalue weighted by Crippen LogP contribution is -2.28. The zero-order valence-electron chi connectivity index (χ0n) is 11.4. The molecule has 0 bridgehead atoms. The summed E-state index contributed by atoms with van der Waals surface area (Å²) in [6, 6.07) is 9.83. The molecule has 4 heteroatoms. The molecule has 20 heavy (non-hydrogen) atoms. The highest BCUT2D eigenvalue weighted by Gasteiger charge is 2.25. The molecule has 4 nitrogen and oxygen atoms in total. The second-order valence-electron chi connectivity index (χ2n) is 5.52. The molecule has 1 aromatic heterocycles. The fourth-order valence-corrected chi connectivity index (χ4v) is 2.92. The Bertz CT molecular complexity index is 626. The van der Waals surface area contributed by atoms with Gasteiger partial charge in [0, 0.05) is 29.7 Å². The first kappa shape index (κ1) is 13.1. The SMILES string of the molecule is N[C@@H]1CCC[C@H]1CC(=O)Nc1ccc2ncccc2c1. The number of nitrogens with zero attached hydrogens (tertiary/aromatic N) is 1. The van der Waals surface area contributed by atoms with Gasteiger partial charge in [0.1, 0.15) is 0 Å². The van der Waals surface area contributed by atoms with Gasteiger partial charge in [0.05, 0.1) is 5.52 Å². The molecule has 1 fully saturated rings. The smallest absolute Gasteiger partial charge is 0.224 e. The van der Waals surface area contributed by atoms with E-state index in [4.69, 9.17) is 5.73 Å². The minimum Gasteiger partial charge on any atom is -0.327 e. The Balaban J connectivity index is 1.67. The number of amides is 1. The van der Waals surface area contributed by atoms with Crippen LogP contribution in [0.3, 0.4) is 0 Å². The molecule has 0 radical (unpaired) electrons. The number of aromatic nitrogens is 1. The highest BCUT2D eigenvalue weighted by Crippen LogP contribution is 2.27. The maximum Gasteiger partial charge on any atom is 0.224 e. The number of nitrogens with two attached hydrogens (primary N) is 1. The zero-order chi connectivity index (χ0) is 13.9. The van der Waals surface area contributed by atoms with Crippen LogP contribution >= 0.6 is 0 Å². The molecule has 2 atom stereocenters. The Morgan fingerprint density at radius 2 is 2.25 bits per heavy atom. The number of fused-ring (bicyclic) bond motifs is 1. The number of nitrogens with one attached hydrogen (secondary N) is 1. The summed E-state index contributed by atoms with van der Waals surface area (Å²) in [5.41, 5.74) is 7.76. The van der Waals surface area contributed by atoms with E-state index >= 15 is 0 Å². The molecular formula is C16H19N3O. The van der Waals surface area contributed by atoms with Crippen LogP contribution in [0.25, 0.3) is 10.9 Å². The Morgan fingerprint density at radius 3 is 3.05 bits per heavy atom. The van der Waals surface area contributed by atoms with Gasteiger partial charge in [0.15, 0.2) is 0 Å². The van der Waals surface area contributed by atoms with Crippen LogP contribution in [0.2, 0.25) is 0 Å². The summed E-state index contributed by atoms with van der Waals surface area (Å²) in [6.45, 7) is 0. The molecule has 1 aliphatic carbocycles. The van der Waals surface area contributed by atoms with Crippen LogP contribution in [0, 0.1) is 5.92 Å². The number of anilines is 1. The van der Waals surface area contributed by atoms with Crippen molar-refractivity contribution in [2.75, 3.05) is 5.32 Å². The first-order chi connectivity index (χ1) is 9.72. The van der Waals surface area contributed by atoms with Crippen molar-refractivity contribution in [1.82, 2.24) is 4.98 Å². The second-order valence-corrected chi connectivity index (χ2v) is 5.52. The molecule has 3 N–H and O–H groups in total. The summed E-state index contributed by atoms with van der Waals surface area (Å²) in [6.07, 6.45) is 5.53. The van der Waals surface area contributed by atoms with Crippen molar-refractivity contribution in [3.8, 4) is 0 Å². The van der Waals surface area contributed by atoms with E-state index in [1.165, 1.54) is 0 Å². The Morgan fingerprint density at radius 1 is 1.35 bits per heavy atom. The van der Waals surface area contributed by atoms with E-state index in [0.29, 0.717) is 12.3 Å². The fourth-order valence-electron chi connectivity index (χ4n) is 2.92. The average Bonchev–Trinajstić information content (AvgIpc) is 2.84. The highest BCUT2D eigenvalue weighted by atomic mass is 16.1. The van der Waals surface area contributed by atoms with Gasteiger partial charge < -0.3 is 11.1 Å². The topological polar surface area (TPSA) is 68.0 Å². The quantitative estimate of drug-likeness (QED) is 0.900. The summed E-state index contributed by atoms with van der Waals surface area (Å²) < 4.78 is 0. The van der Waals surface area contributed by atoms with Gasteiger partial charge in [0.25, 0.3) is 0 Å². The molecule has 0 aliphatic heterocycles. The minimum absolute atomic E-state index is 0.0515. The molecule has 2 aromatic rings. The van der Waals surface area contributed by atoms with Crippen LogP contribution in [0.1, 0.15) is 25.7 Å². The number of benzene rings is 1. The molecule has 1 aliphatic rings. The molecule has 0 saturated heterocycles. The van der Waals surface area contributed by atoms with Crippen LogP contribution in [0.4, 0.5) is 5.69 Å². The summed E-state index contributed by atoms with van der Waals surface area (Å²) in [5.74, 6) is 0.382. The van der Waals surface area contributed by atoms with Crippen LogP contribution in [0.15, 0.2) is 36.5 Å². The third-order valence-corrected chi connectivity index (χ3v) is 4.05. The van der Waals surface area contributed by atoms with Crippen molar-refractivity contribution in [3.05, 3.63) is 36.5 Å². The zero-order valence-corrected chi connectivity index (χ0v) is 11.4. The summed E-state index contributed by atoms with van der Waals surface area (Å²) in [5, 5.41) is 3.99. The van der Waals surface area contributed by atoms with Gasteiger partial charge in [-0.2, -0.15) is 0 Å². The van der Waals surface area contributed by atoms with Gasteiger partial charge in [-0.3, -0.25) is 9.78 Å². The molecule has 0 spiro atoms. The molecular weight excluding hydrogens is 250 g/mol. The first-order valence-corrected chi connectivity index (χ1v) is 7.12. The van der Waals surface area contributed by atoms with Crippen molar-refractivity contribution in [3.63, 3.8) is 0 Å². The number of hydrogen-bond acceptors (Lipinski definition) is 3. The largest absolute Gasteiger partial charge is 0.327 e. The molecule has 1 amide bonds. The monoisotopic (exact) mass is 269 g/mol. The van der Waals surface area contributed by atoms with E-state index in [9.17, 15) is 4.79 Å². The fraction of sp³-hybridized carbons (Fsp3) is 0.375. The number of pyridine rings is 1. The van der Waals surface area contributed by atoms with Crippen LogP contribution < -0.4 is 11.1 Å². The van der Waals surface area contributed by atoms with Crippen molar-refractivity contribution in [2.24, 2.45) is 11.7 Å².